The highest BCUT2D eigenvalue weighted by Crippen LogP contribution is 2.00. The number of morpholine rings is 1. The van der Waals surface area contributed by atoms with Gasteiger partial charge >= 0.3 is 0 Å². The fourth-order valence-electron chi connectivity index (χ4n) is 1.90. The van der Waals surface area contributed by atoms with Crippen LogP contribution in [0.2, 0.25) is 0 Å². The molecule has 1 heterocycles. The molecule has 0 aromatic heterocycles. The molecule has 0 amide bonds. The van der Waals surface area contributed by atoms with Crippen LogP contribution < -0.4 is 12.4 Å². The molecule has 0 atom stereocenters. The van der Waals surface area contributed by atoms with Crippen LogP contribution in [0.3, 0.4) is 0 Å². The molecule has 0 aliphatic carbocycles. The van der Waals surface area contributed by atoms with E-state index in [0.717, 1.165) is 32.8 Å². The molecular weight excluding hydrogens is 286 g/mol. The van der Waals surface area contributed by atoms with Crippen LogP contribution in [0.1, 0.15) is 5.56 Å². The number of benzene rings is 1. The molecule has 1 aliphatic rings. The Kier molecular flexibility index (Phi) is 9.60. The molecule has 1 aromatic carbocycles. The summed E-state index contributed by atoms with van der Waals surface area (Å²) in [6, 6.07) is 10.2. The Morgan fingerprint density at radius 1 is 1.14 bits per heavy atom. The topological polar surface area (TPSA) is 21.7 Å². The predicted octanol–water partition coefficient (Wildman–Crippen LogP) is -0.944. The minimum absolute atomic E-state index is 0. The Morgan fingerprint density at radius 3 is 2.67 bits per heavy atom. The van der Waals surface area contributed by atoms with Crippen molar-refractivity contribution < 1.29 is 21.9 Å². The Hall–Kier alpha value is -1.31. The smallest absolute Gasteiger partial charge is 0.108 e. The van der Waals surface area contributed by atoms with Crippen LogP contribution in [0.15, 0.2) is 36.4 Å². The maximum Gasteiger partial charge on any atom is 0.108 e. The Labute approximate surface area is 133 Å². The molecule has 1 aromatic rings. The lowest BCUT2D eigenvalue weighted by Crippen LogP contribution is -3.00. The minimum Gasteiger partial charge on any atom is -1.00 e. The van der Waals surface area contributed by atoms with Crippen molar-refractivity contribution >= 4 is 6.08 Å². The van der Waals surface area contributed by atoms with Crippen LogP contribution in [0.25, 0.3) is 6.08 Å². The van der Waals surface area contributed by atoms with Crippen LogP contribution in [0.4, 0.5) is 0 Å². The summed E-state index contributed by atoms with van der Waals surface area (Å²) >= 11 is 0. The van der Waals surface area contributed by atoms with Crippen LogP contribution in [0, 0.1) is 11.8 Å². The van der Waals surface area contributed by atoms with E-state index in [1.165, 1.54) is 5.56 Å². The summed E-state index contributed by atoms with van der Waals surface area (Å²) in [6.07, 6.45) is 4.07. The molecule has 1 aliphatic heterocycles. The van der Waals surface area contributed by atoms with E-state index in [0.29, 0.717) is 13.2 Å². The number of halogens is 1. The van der Waals surface area contributed by atoms with E-state index in [-0.39, 0.29) is 12.4 Å². The second-order valence-corrected chi connectivity index (χ2v) is 4.57. The first kappa shape index (κ1) is 17.7. The van der Waals surface area contributed by atoms with Crippen LogP contribution in [-0.2, 0) is 9.47 Å². The van der Waals surface area contributed by atoms with Gasteiger partial charge in [-0.15, -0.1) is 0 Å². The highest BCUT2D eigenvalue weighted by Gasteiger charge is 2.07. The van der Waals surface area contributed by atoms with Gasteiger partial charge < -0.3 is 21.9 Å². The second-order valence-electron chi connectivity index (χ2n) is 4.57. The fraction of sp³-hybridized carbons (Fsp3) is 0.412. The zero-order valence-electron chi connectivity index (χ0n) is 12.1. The second kappa shape index (κ2) is 11.4. The molecule has 1 fully saturated rings. The SMILES string of the molecule is C(#CCN1CCOCC1)COC/C=C/c1ccccc1.[Cl-]. The van der Waals surface area contributed by atoms with Crippen molar-refractivity contribution in [3.05, 3.63) is 42.0 Å². The maximum absolute atomic E-state index is 5.44. The highest BCUT2D eigenvalue weighted by atomic mass is 35.5. The molecule has 2 rings (SSSR count). The molecule has 0 N–H and O–H groups in total. The van der Waals surface area contributed by atoms with Gasteiger partial charge in [-0.2, -0.15) is 0 Å². The minimum atomic E-state index is 0. The standard InChI is InChI=1S/C17H21NO2.ClH/c1-2-7-17(8-3-1)9-6-14-19-13-5-4-10-18-11-15-20-16-12-18;/h1-3,6-9H,10-16H2;1H/p-1/b9-6+;. The average molecular weight is 307 g/mol. The third-order valence-electron chi connectivity index (χ3n) is 3.03. The fourth-order valence-corrected chi connectivity index (χ4v) is 1.90. The lowest BCUT2D eigenvalue weighted by molar-refractivity contribution is -0.00000594. The van der Waals surface area contributed by atoms with Gasteiger partial charge in [0.15, 0.2) is 0 Å². The van der Waals surface area contributed by atoms with E-state index in [2.05, 4.69) is 34.9 Å². The number of hydrogen-bond acceptors (Lipinski definition) is 3. The van der Waals surface area contributed by atoms with Gasteiger partial charge in [-0.1, -0.05) is 54.3 Å². The van der Waals surface area contributed by atoms with Gasteiger partial charge in [-0.25, -0.2) is 0 Å². The summed E-state index contributed by atoms with van der Waals surface area (Å²) in [5.74, 6) is 6.18. The van der Waals surface area contributed by atoms with Crippen molar-refractivity contribution in [2.75, 3.05) is 46.1 Å². The lowest BCUT2D eigenvalue weighted by atomic mass is 10.2. The zero-order chi connectivity index (χ0) is 13.9. The zero-order valence-corrected chi connectivity index (χ0v) is 12.9. The summed E-state index contributed by atoms with van der Waals surface area (Å²) in [7, 11) is 0. The monoisotopic (exact) mass is 306 g/mol. The van der Waals surface area contributed by atoms with Crippen molar-refractivity contribution in [2.45, 2.75) is 0 Å². The molecule has 114 valence electrons. The van der Waals surface area contributed by atoms with E-state index < -0.39 is 0 Å². The van der Waals surface area contributed by atoms with E-state index in [1.807, 2.05) is 24.3 Å². The normalized spacial score (nSPS) is 15.2. The van der Waals surface area contributed by atoms with E-state index in [1.54, 1.807) is 0 Å². The van der Waals surface area contributed by atoms with Crippen molar-refractivity contribution in [3.63, 3.8) is 0 Å². The average Bonchev–Trinajstić information content (AvgIpc) is 2.52. The van der Waals surface area contributed by atoms with Gasteiger partial charge in [0.25, 0.3) is 0 Å². The first-order valence-corrected chi connectivity index (χ1v) is 7.00. The van der Waals surface area contributed by atoms with Gasteiger partial charge in [-0.05, 0) is 5.56 Å². The van der Waals surface area contributed by atoms with Gasteiger partial charge in [-0.3, -0.25) is 4.90 Å². The van der Waals surface area contributed by atoms with Gasteiger partial charge in [0, 0.05) is 13.1 Å². The predicted molar refractivity (Wildman–Crippen MR) is 81.3 cm³/mol. The molecular formula is C17H21ClNO2-. The summed E-state index contributed by atoms with van der Waals surface area (Å²) < 4.78 is 10.7. The van der Waals surface area contributed by atoms with Gasteiger partial charge in [0.05, 0.1) is 26.4 Å². The number of rotatable bonds is 5. The number of hydrogen-bond donors (Lipinski definition) is 0. The molecule has 21 heavy (non-hydrogen) atoms. The molecule has 3 nitrogen and oxygen atoms in total. The highest BCUT2D eigenvalue weighted by molar-refractivity contribution is 5.48. The number of nitrogens with zero attached hydrogens (tertiary/aromatic N) is 1. The molecule has 0 unspecified atom stereocenters. The molecule has 0 spiro atoms. The van der Waals surface area contributed by atoms with E-state index in [9.17, 15) is 0 Å². The first-order chi connectivity index (χ1) is 9.95. The van der Waals surface area contributed by atoms with Crippen molar-refractivity contribution in [1.29, 1.82) is 0 Å². The molecule has 0 radical (unpaired) electrons. The summed E-state index contributed by atoms with van der Waals surface area (Å²) in [5, 5.41) is 0. The van der Waals surface area contributed by atoms with Crippen LogP contribution >= 0.6 is 0 Å². The Balaban J connectivity index is 0.00000220. The van der Waals surface area contributed by atoms with Crippen molar-refractivity contribution in [1.82, 2.24) is 4.90 Å². The van der Waals surface area contributed by atoms with Gasteiger partial charge in [0.2, 0.25) is 0 Å². The Morgan fingerprint density at radius 2 is 1.90 bits per heavy atom. The molecule has 1 saturated heterocycles. The van der Waals surface area contributed by atoms with E-state index >= 15 is 0 Å². The third kappa shape index (κ3) is 7.89. The quantitative estimate of drug-likeness (QED) is 0.518. The van der Waals surface area contributed by atoms with Crippen molar-refractivity contribution in [2.24, 2.45) is 0 Å². The number of ether oxygens (including phenoxy) is 2. The van der Waals surface area contributed by atoms with Crippen LogP contribution in [-0.4, -0.2) is 51.0 Å². The Bertz CT molecular complexity index is 459. The first-order valence-electron chi connectivity index (χ1n) is 7.00. The molecule has 4 heteroatoms. The summed E-state index contributed by atoms with van der Waals surface area (Å²) in [5.41, 5.74) is 1.19. The molecule has 0 saturated carbocycles. The lowest BCUT2D eigenvalue weighted by Gasteiger charge is -2.24. The summed E-state index contributed by atoms with van der Waals surface area (Å²) in [4.78, 5) is 2.30. The summed E-state index contributed by atoms with van der Waals surface area (Å²) in [6.45, 7) is 5.51. The van der Waals surface area contributed by atoms with Crippen molar-refractivity contribution in [3.8, 4) is 11.8 Å². The third-order valence-corrected chi connectivity index (χ3v) is 3.03. The maximum atomic E-state index is 5.44. The van der Waals surface area contributed by atoms with Crippen LogP contribution in [0.5, 0.6) is 0 Å². The van der Waals surface area contributed by atoms with E-state index in [4.69, 9.17) is 9.47 Å². The molecule has 0 bridgehead atoms. The largest absolute Gasteiger partial charge is 1.00 e. The van der Waals surface area contributed by atoms with Gasteiger partial charge in [0.1, 0.15) is 6.61 Å².